The van der Waals surface area contributed by atoms with Crippen LogP contribution in [-0.4, -0.2) is 17.1 Å². The molecule has 0 fully saturated rings. The zero-order chi connectivity index (χ0) is 17.0. The van der Waals surface area contributed by atoms with E-state index in [1.165, 1.54) is 13.0 Å². The molecule has 2 aromatic rings. The molecule has 7 nitrogen and oxygen atoms in total. The van der Waals surface area contributed by atoms with Gasteiger partial charge in [-0.05, 0) is 52.9 Å². The van der Waals surface area contributed by atoms with Crippen molar-refractivity contribution in [1.29, 1.82) is 0 Å². The van der Waals surface area contributed by atoms with Crippen LogP contribution in [0.25, 0.3) is 0 Å². The highest BCUT2D eigenvalue weighted by Crippen LogP contribution is 2.36. The lowest BCUT2D eigenvalue weighted by atomic mass is 10.2. The molecule has 0 saturated carbocycles. The smallest absolute Gasteiger partial charge is 0.313 e. The van der Waals surface area contributed by atoms with Gasteiger partial charge in [0.15, 0.2) is 0 Å². The average molecular weight is 426 g/mol. The Balaban J connectivity index is 2.34. The van der Waals surface area contributed by atoms with Crippen molar-refractivity contribution in [1.82, 2.24) is 0 Å². The lowest BCUT2D eigenvalue weighted by Gasteiger charge is -2.10. The maximum absolute atomic E-state index is 11.2. The topological polar surface area (TPSA) is 98.5 Å². The molecule has 0 heterocycles. The van der Waals surface area contributed by atoms with E-state index in [4.69, 9.17) is 4.74 Å². The van der Waals surface area contributed by atoms with Crippen molar-refractivity contribution >= 4 is 46.2 Å². The molecule has 0 aromatic heterocycles. The van der Waals surface area contributed by atoms with Crippen LogP contribution in [0.15, 0.2) is 36.4 Å². The number of rotatable bonds is 5. The molecular formula is C15H11IN2O5. The van der Waals surface area contributed by atoms with Gasteiger partial charge in [0.25, 0.3) is 0 Å². The van der Waals surface area contributed by atoms with Crippen molar-refractivity contribution in [3.8, 4) is 11.5 Å². The van der Waals surface area contributed by atoms with Gasteiger partial charge in [-0.25, -0.2) is 0 Å². The Morgan fingerprint density at radius 1 is 1.30 bits per heavy atom. The van der Waals surface area contributed by atoms with Crippen molar-refractivity contribution in [2.24, 2.45) is 0 Å². The Labute approximate surface area is 144 Å². The van der Waals surface area contributed by atoms with Crippen molar-refractivity contribution in [2.45, 2.75) is 6.92 Å². The number of nitro benzene ring substituents is 1. The molecule has 118 valence electrons. The number of carbonyl (C=O) groups is 2. The fraction of sp³-hybridized carbons (Fsp3) is 0.0667. The molecule has 0 bridgehead atoms. The van der Waals surface area contributed by atoms with Gasteiger partial charge in [-0.3, -0.25) is 19.7 Å². The second-order valence-electron chi connectivity index (χ2n) is 4.53. The summed E-state index contributed by atoms with van der Waals surface area (Å²) in [5.74, 6) is 0.237. The molecule has 0 aliphatic carbocycles. The van der Waals surface area contributed by atoms with Crippen LogP contribution in [0.5, 0.6) is 11.5 Å². The fourth-order valence-corrected chi connectivity index (χ4v) is 2.58. The largest absolute Gasteiger partial charge is 0.449 e. The van der Waals surface area contributed by atoms with Gasteiger partial charge in [0, 0.05) is 24.2 Å². The maximum Gasteiger partial charge on any atom is 0.313 e. The first-order valence-electron chi connectivity index (χ1n) is 6.39. The number of ether oxygens (including phenoxy) is 1. The Morgan fingerprint density at radius 2 is 1.96 bits per heavy atom. The summed E-state index contributed by atoms with van der Waals surface area (Å²) in [5.41, 5.74) is 0.504. The van der Waals surface area contributed by atoms with Gasteiger partial charge >= 0.3 is 5.69 Å². The average Bonchev–Trinajstić information content (AvgIpc) is 2.50. The second kappa shape index (κ2) is 7.18. The van der Waals surface area contributed by atoms with E-state index in [0.717, 1.165) is 6.07 Å². The zero-order valence-electron chi connectivity index (χ0n) is 11.9. The third-order valence-electron chi connectivity index (χ3n) is 2.77. The van der Waals surface area contributed by atoms with E-state index >= 15 is 0 Å². The third-order valence-corrected chi connectivity index (χ3v) is 3.58. The van der Waals surface area contributed by atoms with Crippen LogP contribution in [0.3, 0.4) is 0 Å². The Morgan fingerprint density at radius 3 is 2.48 bits per heavy atom. The van der Waals surface area contributed by atoms with E-state index in [-0.39, 0.29) is 22.9 Å². The van der Waals surface area contributed by atoms with Crippen LogP contribution in [0.2, 0.25) is 0 Å². The molecule has 0 aliphatic heterocycles. The Hall–Kier alpha value is -2.49. The number of amides is 1. The Kier molecular flexibility index (Phi) is 5.27. The SMILES string of the molecule is CC(=O)Nc1ccc(Oc2c(I)cc(C=O)cc2[N+](=O)[O-])cc1. The summed E-state index contributed by atoms with van der Waals surface area (Å²) < 4.78 is 6.03. The number of hydrogen-bond acceptors (Lipinski definition) is 5. The number of nitrogens with one attached hydrogen (secondary N) is 1. The van der Waals surface area contributed by atoms with Gasteiger partial charge in [-0.15, -0.1) is 0 Å². The molecule has 8 heteroatoms. The highest BCUT2D eigenvalue weighted by molar-refractivity contribution is 14.1. The highest BCUT2D eigenvalue weighted by atomic mass is 127. The molecule has 0 spiro atoms. The number of halogens is 1. The summed E-state index contributed by atoms with van der Waals surface area (Å²) in [6.07, 6.45) is 0.543. The van der Waals surface area contributed by atoms with Gasteiger partial charge in [0.05, 0.1) is 8.49 Å². The van der Waals surface area contributed by atoms with Crippen LogP contribution in [0.4, 0.5) is 11.4 Å². The number of nitro groups is 1. The molecule has 2 rings (SSSR count). The summed E-state index contributed by atoms with van der Waals surface area (Å²) in [5, 5.41) is 13.8. The molecule has 2 aromatic carbocycles. The van der Waals surface area contributed by atoms with E-state index in [9.17, 15) is 19.7 Å². The number of carbonyl (C=O) groups excluding carboxylic acids is 2. The molecule has 0 unspecified atom stereocenters. The Bertz CT molecular complexity index is 774. The molecule has 0 saturated heterocycles. The minimum Gasteiger partial charge on any atom is -0.449 e. The van der Waals surface area contributed by atoms with Gasteiger partial charge in [0.2, 0.25) is 11.7 Å². The standard InChI is InChI=1S/C15H11IN2O5/c1-9(20)17-11-2-4-12(5-3-11)23-15-13(16)6-10(8-19)7-14(15)18(21)22/h2-8H,1H3,(H,17,20). The van der Waals surface area contributed by atoms with Crippen molar-refractivity contribution in [3.05, 3.63) is 55.6 Å². The van der Waals surface area contributed by atoms with Crippen molar-refractivity contribution in [3.63, 3.8) is 0 Å². The van der Waals surface area contributed by atoms with E-state index in [0.29, 0.717) is 21.3 Å². The van der Waals surface area contributed by atoms with Crippen LogP contribution in [0, 0.1) is 13.7 Å². The molecule has 0 radical (unpaired) electrons. The van der Waals surface area contributed by atoms with E-state index in [2.05, 4.69) is 5.32 Å². The van der Waals surface area contributed by atoms with Gasteiger partial charge in [0.1, 0.15) is 12.0 Å². The van der Waals surface area contributed by atoms with Gasteiger partial charge in [-0.1, -0.05) is 0 Å². The van der Waals surface area contributed by atoms with Gasteiger partial charge < -0.3 is 10.1 Å². The molecule has 0 aliphatic rings. The first kappa shape index (κ1) is 16.9. The first-order chi connectivity index (χ1) is 10.9. The predicted molar refractivity (Wildman–Crippen MR) is 92.0 cm³/mol. The monoisotopic (exact) mass is 426 g/mol. The normalized spacial score (nSPS) is 10.0. The highest BCUT2D eigenvalue weighted by Gasteiger charge is 2.21. The molecule has 1 amide bonds. The maximum atomic E-state index is 11.2. The third kappa shape index (κ3) is 4.25. The molecular weight excluding hydrogens is 415 g/mol. The van der Waals surface area contributed by atoms with Crippen LogP contribution >= 0.6 is 22.6 Å². The predicted octanol–water partition coefficient (Wildman–Crippen LogP) is 3.76. The van der Waals surface area contributed by atoms with E-state index < -0.39 is 4.92 Å². The number of aldehydes is 1. The lowest BCUT2D eigenvalue weighted by Crippen LogP contribution is -2.05. The second-order valence-corrected chi connectivity index (χ2v) is 5.70. The summed E-state index contributed by atoms with van der Waals surface area (Å²) in [4.78, 5) is 32.4. The molecule has 1 N–H and O–H groups in total. The van der Waals surface area contributed by atoms with E-state index in [1.54, 1.807) is 24.3 Å². The van der Waals surface area contributed by atoms with Gasteiger partial charge in [-0.2, -0.15) is 0 Å². The summed E-state index contributed by atoms with van der Waals surface area (Å²) in [7, 11) is 0. The quantitative estimate of drug-likeness (QED) is 0.340. The fourth-order valence-electron chi connectivity index (χ4n) is 1.83. The lowest BCUT2D eigenvalue weighted by molar-refractivity contribution is -0.385. The number of nitrogens with zero attached hydrogens (tertiary/aromatic N) is 1. The summed E-state index contributed by atoms with van der Waals surface area (Å²) in [6.45, 7) is 1.39. The number of anilines is 1. The van der Waals surface area contributed by atoms with Crippen molar-refractivity contribution in [2.75, 3.05) is 5.32 Å². The van der Waals surface area contributed by atoms with Crippen molar-refractivity contribution < 1.29 is 19.2 Å². The summed E-state index contributed by atoms with van der Waals surface area (Å²) in [6, 6.07) is 9.07. The molecule has 0 atom stereocenters. The first-order valence-corrected chi connectivity index (χ1v) is 7.47. The zero-order valence-corrected chi connectivity index (χ0v) is 14.1. The van der Waals surface area contributed by atoms with Crippen LogP contribution < -0.4 is 10.1 Å². The summed E-state index contributed by atoms with van der Waals surface area (Å²) >= 11 is 1.87. The van der Waals surface area contributed by atoms with Crippen LogP contribution in [-0.2, 0) is 4.79 Å². The minimum atomic E-state index is -0.601. The van der Waals surface area contributed by atoms with E-state index in [1.807, 2.05) is 22.6 Å². The number of benzene rings is 2. The minimum absolute atomic E-state index is 0.0634. The number of hydrogen-bond donors (Lipinski definition) is 1. The molecule has 23 heavy (non-hydrogen) atoms. The van der Waals surface area contributed by atoms with Crippen LogP contribution in [0.1, 0.15) is 17.3 Å².